The molecule has 1 unspecified atom stereocenters. The highest BCUT2D eigenvalue weighted by Gasteiger charge is 2.25. The van der Waals surface area contributed by atoms with Gasteiger partial charge in [0, 0.05) is 12.1 Å². The van der Waals surface area contributed by atoms with E-state index in [0.717, 1.165) is 5.56 Å². The summed E-state index contributed by atoms with van der Waals surface area (Å²) in [5, 5.41) is 8.07. The van der Waals surface area contributed by atoms with Gasteiger partial charge in [-0.05, 0) is 37.0 Å². The van der Waals surface area contributed by atoms with Crippen LogP contribution in [0.2, 0.25) is 0 Å². The third-order valence-corrected chi connectivity index (χ3v) is 4.67. The van der Waals surface area contributed by atoms with Gasteiger partial charge in [0.25, 0.3) is 0 Å². The molecular weight excluding hydrogens is 394 g/mol. The molecule has 7 heteroatoms. The Bertz CT molecular complexity index is 851. The van der Waals surface area contributed by atoms with Crippen molar-refractivity contribution < 1.29 is 19.1 Å². The van der Waals surface area contributed by atoms with E-state index in [2.05, 4.69) is 16.0 Å². The summed E-state index contributed by atoms with van der Waals surface area (Å²) in [5.74, 6) is -0.789. The van der Waals surface area contributed by atoms with Gasteiger partial charge in [0.15, 0.2) is 0 Å². The number of benzene rings is 2. The molecule has 0 aliphatic rings. The summed E-state index contributed by atoms with van der Waals surface area (Å²) in [5.41, 5.74) is 2.91. The van der Waals surface area contributed by atoms with E-state index in [1.165, 1.54) is 5.56 Å². The molecule has 7 nitrogen and oxygen atoms in total. The molecule has 0 fully saturated rings. The van der Waals surface area contributed by atoms with E-state index in [9.17, 15) is 14.4 Å². The first-order valence-electron chi connectivity index (χ1n) is 10.5. The molecule has 166 valence electrons. The molecule has 0 heterocycles. The Hall–Kier alpha value is -3.35. The normalized spacial score (nSPS) is 11.5. The van der Waals surface area contributed by atoms with Crippen molar-refractivity contribution in [3.05, 3.63) is 65.7 Å². The number of carbonyl (C=O) groups excluding carboxylic acids is 3. The second-order valence-electron chi connectivity index (χ2n) is 7.69. The zero-order chi connectivity index (χ0) is 22.6. The molecule has 0 aliphatic heterocycles. The van der Waals surface area contributed by atoms with E-state index >= 15 is 0 Å². The molecule has 2 aromatic rings. The highest BCUT2D eigenvalue weighted by atomic mass is 16.5. The van der Waals surface area contributed by atoms with Crippen LogP contribution in [0.4, 0.5) is 10.5 Å². The monoisotopic (exact) mass is 425 g/mol. The van der Waals surface area contributed by atoms with Gasteiger partial charge in [-0.2, -0.15) is 0 Å². The summed E-state index contributed by atoms with van der Waals surface area (Å²) in [7, 11) is 0. The number of hydrogen-bond acceptors (Lipinski definition) is 4. The SMILES string of the molecule is Cc1ccc(CCC(=O)NCCOC(=O)C(NC(=O)Nc2ccccc2)C(C)C)cc1. The summed E-state index contributed by atoms with van der Waals surface area (Å²) in [4.78, 5) is 36.5. The predicted octanol–water partition coefficient (Wildman–Crippen LogP) is 3.43. The Labute approximate surface area is 183 Å². The Morgan fingerprint density at radius 1 is 0.968 bits per heavy atom. The molecule has 1 atom stereocenters. The third kappa shape index (κ3) is 8.90. The van der Waals surface area contributed by atoms with Crippen LogP contribution in [0, 0.1) is 12.8 Å². The van der Waals surface area contributed by atoms with E-state index in [0.29, 0.717) is 18.5 Å². The predicted molar refractivity (Wildman–Crippen MR) is 121 cm³/mol. The summed E-state index contributed by atoms with van der Waals surface area (Å²) in [6.45, 7) is 5.93. The molecule has 0 bridgehead atoms. The fraction of sp³-hybridized carbons (Fsp3) is 0.375. The van der Waals surface area contributed by atoms with E-state index in [-0.39, 0.29) is 25.0 Å². The van der Waals surface area contributed by atoms with Crippen molar-refractivity contribution in [2.45, 2.75) is 39.7 Å². The van der Waals surface area contributed by atoms with Gasteiger partial charge >= 0.3 is 12.0 Å². The van der Waals surface area contributed by atoms with E-state index in [4.69, 9.17) is 4.74 Å². The van der Waals surface area contributed by atoms with Crippen molar-refractivity contribution in [2.75, 3.05) is 18.5 Å². The van der Waals surface area contributed by atoms with Gasteiger partial charge in [0.05, 0.1) is 6.54 Å². The first-order chi connectivity index (χ1) is 14.8. The van der Waals surface area contributed by atoms with Crippen LogP contribution in [0.3, 0.4) is 0 Å². The summed E-state index contributed by atoms with van der Waals surface area (Å²) >= 11 is 0. The Kier molecular flexibility index (Phi) is 9.55. The molecule has 2 rings (SSSR count). The molecular formula is C24H31N3O4. The van der Waals surface area contributed by atoms with Crippen molar-refractivity contribution in [3.63, 3.8) is 0 Å². The van der Waals surface area contributed by atoms with Crippen molar-refractivity contribution in [2.24, 2.45) is 5.92 Å². The standard InChI is InChI=1S/C24H31N3O4/c1-17(2)22(27-24(30)26-20-7-5-4-6-8-20)23(29)31-16-15-25-21(28)14-13-19-11-9-18(3)10-12-19/h4-12,17,22H,13-16H2,1-3H3,(H,25,28)(H2,26,27,30). The van der Waals surface area contributed by atoms with Crippen molar-refractivity contribution in [3.8, 4) is 0 Å². The number of esters is 1. The Balaban J connectivity index is 1.69. The maximum atomic E-state index is 12.4. The molecule has 2 aromatic carbocycles. The molecule has 3 N–H and O–H groups in total. The van der Waals surface area contributed by atoms with Crippen LogP contribution >= 0.6 is 0 Å². The second-order valence-corrected chi connectivity index (χ2v) is 7.69. The number of hydrogen-bond donors (Lipinski definition) is 3. The van der Waals surface area contributed by atoms with Gasteiger partial charge in [0.1, 0.15) is 12.6 Å². The summed E-state index contributed by atoms with van der Waals surface area (Å²) in [6, 6.07) is 15.8. The molecule has 31 heavy (non-hydrogen) atoms. The van der Waals surface area contributed by atoms with Crippen LogP contribution in [0.5, 0.6) is 0 Å². The zero-order valence-corrected chi connectivity index (χ0v) is 18.3. The Morgan fingerprint density at radius 2 is 1.65 bits per heavy atom. The quantitative estimate of drug-likeness (QED) is 0.401. The van der Waals surface area contributed by atoms with Crippen LogP contribution < -0.4 is 16.0 Å². The number of para-hydroxylation sites is 1. The van der Waals surface area contributed by atoms with Crippen LogP contribution in [-0.4, -0.2) is 37.1 Å². The maximum absolute atomic E-state index is 12.4. The zero-order valence-electron chi connectivity index (χ0n) is 18.3. The summed E-state index contributed by atoms with van der Waals surface area (Å²) < 4.78 is 5.25. The van der Waals surface area contributed by atoms with Gasteiger partial charge in [-0.1, -0.05) is 61.9 Å². The molecule has 3 amide bonds. The number of anilines is 1. The van der Waals surface area contributed by atoms with Gasteiger partial charge in [-0.3, -0.25) is 4.79 Å². The third-order valence-electron chi connectivity index (χ3n) is 4.67. The van der Waals surface area contributed by atoms with Crippen LogP contribution in [0.15, 0.2) is 54.6 Å². The van der Waals surface area contributed by atoms with Crippen LogP contribution in [0.25, 0.3) is 0 Å². The molecule has 0 spiro atoms. The minimum atomic E-state index is -0.791. The largest absolute Gasteiger partial charge is 0.462 e. The minimum Gasteiger partial charge on any atom is -0.462 e. The lowest BCUT2D eigenvalue weighted by atomic mass is 10.1. The average Bonchev–Trinajstić information content (AvgIpc) is 2.75. The first kappa shape index (κ1) is 23.9. The number of nitrogens with one attached hydrogen (secondary N) is 3. The number of aryl methyl sites for hydroxylation is 2. The fourth-order valence-corrected chi connectivity index (χ4v) is 2.86. The molecule has 0 saturated carbocycles. The van der Waals surface area contributed by atoms with Crippen molar-refractivity contribution in [1.29, 1.82) is 0 Å². The van der Waals surface area contributed by atoms with E-state index in [1.807, 2.05) is 51.1 Å². The highest BCUT2D eigenvalue weighted by molar-refractivity contribution is 5.92. The second kappa shape index (κ2) is 12.4. The number of urea groups is 1. The van der Waals surface area contributed by atoms with Gasteiger partial charge < -0.3 is 20.7 Å². The first-order valence-corrected chi connectivity index (χ1v) is 10.5. The summed E-state index contributed by atoms with van der Waals surface area (Å²) in [6.07, 6.45) is 1.02. The topological polar surface area (TPSA) is 96.5 Å². The van der Waals surface area contributed by atoms with Crippen molar-refractivity contribution in [1.82, 2.24) is 10.6 Å². The lowest BCUT2D eigenvalue weighted by molar-refractivity contribution is -0.147. The number of rotatable bonds is 10. The van der Waals surface area contributed by atoms with Crippen molar-refractivity contribution >= 4 is 23.6 Å². The molecule has 0 radical (unpaired) electrons. The average molecular weight is 426 g/mol. The molecule has 0 aromatic heterocycles. The van der Waals surface area contributed by atoms with E-state index < -0.39 is 18.0 Å². The lowest BCUT2D eigenvalue weighted by Gasteiger charge is -2.21. The minimum absolute atomic E-state index is 0.0420. The van der Waals surface area contributed by atoms with Gasteiger partial charge in [0.2, 0.25) is 5.91 Å². The molecule has 0 saturated heterocycles. The highest BCUT2D eigenvalue weighted by Crippen LogP contribution is 2.08. The smallest absolute Gasteiger partial charge is 0.329 e. The molecule has 0 aliphatic carbocycles. The lowest BCUT2D eigenvalue weighted by Crippen LogP contribution is -2.47. The maximum Gasteiger partial charge on any atom is 0.329 e. The van der Waals surface area contributed by atoms with Crippen LogP contribution in [0.1, 0.15) is 31.4 Å². The van der Waals surface area contributed by atoms with Gasteiger partial charge in [-0.25, -0.2) is 9.59 Å². The van der Waals surface area contributed by atoms with Crippen LogP contribution in [-0.2, 0) is 20.7 Å². The fourth-order valence-electron chi connectivity index (χ4n) is 2.86. The number of carbonyl (C=O) groups is 3. The van der Waals surface area contributed by atoms with Gasteiger partial charge in [-0.15, -0.1) is 0 Å². The Morgan fingerprint density at radius 3 is 2.29 bits per heavy atom. The van der Waals surface area contributed by atoms with E-state index in [1.54, 1.807) is 24.3 Å². The number of ether oxygens (including phenoxy) is 1. The number of amides is 3.